The van der Waals surface area contributed by atoms with E-state index in [1.807, 2.05) is 0 Å². The second-order valence-electron chi connectivity index (χ2n) is 2.64. The van der Waals surface area contributed by atoms with Crippen LogP contribution in [0.1, 0.15) is 11.9 Å². The van der Waals surface area contributed by atoms with Crippen LogP contribution in [0.3, 0.4) is 0 Å². The molecule has 0 aliphatic carbocycles. The quantitative estimate of drug-likeness (QED) is 0.584. The molecule has 14 heavy (non-hydrogen) atoms. The Hall–Kier alpha value is -1.40. The molecule has 0 spiro atoms. The van der Waals surface area contributed by atoms with Crippen molar-refractivity contribution in [3.05, 3.63) is 29.1 Å². The zero-order valence-electron chi connectivity index (χ0n) is 6.29. The number of rotatable bonds is 0. The van der Waals surface area contributed by atoms with Gasteiger partial charge in [0.2, 0.25) is 17.7 Å². The minimum atomic E-state index is -2.80. The summed E-state index contributed by atoms with van der Waals surface area (Å²) in [5.74, 6) is -9.85. The van der Waals surface area contributed by atoms with E-state index < -0.39 is 45.8 Å². The minimum Gasteiger partial charge on any atom is -0.255 e. The van der Waals surface area contributed by atoms with Crippen LogP contribution in [-0.2, 0) is 0 Å². The van der Waals surface area contributed by atoms with Gasteiger partial charge in [-0.2, -0.15) is 13.2 Å². The van der Waals surface area contributed by atoms with Gasteiger partial charge >= 0.3 is 0 Å². The molecule has 1 atom stereocenters. The van der Waals surface area contributed by atoms with Crippen molar-refractivity contribution in [1.82, 2.24) is 4.57 Å². The molecule has 76 valence electrons. The third-order valence-corrected chi connectivity index (χ3v) is 1.89. The monoisotopic (exact) mass is 213 g/mol. The average molecular weight is 213 g/mol. The molecule has 0 bridgehead atoms. The summed E-state index contributed by atoms with van der Waals surface area (Å²) in [6.07, 6.45) is -2.80. The fourth-order valence-electron chi connectivity index (χ4n) is 1.25. The lowest BCUT2D eigenvalue weighted by Crippen LogP contribution is -1.96. The summed E-state index contributed by atoms with van der Waals surface area (Å²) in [7, 11) is 0. The molecule has 7 heteroatoms. The fourth-order valence-corrected chi connectivity index (χ4v) is 1.25. The molecule has 0 aromatic carbocycles. The smallest absolute Gasteiger partial charge is 0.239 e. The van der Waals surface area contributed by atoms with Gasteiger partial charge in [0.25, 0.3) is 0 Å². The Morgan fingerprint density at radius 2 is 1.50 bits per heavy atom. The molecule has 1 aliphatic rings. The molecule has 2 rings (SSSR count). The van der Waals surface area contributed by atoms with E-state index in [9.17, 15) is 26.3 Å². The van der Waals surface area contributed by atoms with Gasteiger partial charge in [0.15, 0.2) is 17.8 Å². The first-order valence-electron chi connectivity index (χ1n) is 3.41. The summed E-state index contributed by atoms with van der Waals surface area (Å²) in [6, 6.07) is 0. The van der Waals surface area contributed by atoms with Crippen LogP contribution in [0.5, 0.6) is 0 Å². The maximum Gasteiger partial charge on any atom is 0.239 e. The van der Waals surface area contributed by atoms with Crippen molar-refractivity contribution in [2.45, 2.75) is 6.17 Å². The highest BCUT2D eigenvalue weighted by molar-refractivity contribution is 5.52. The Morgan fingerprint density at radius 3 is 2.00 bits per heavy atom. The summed E-state index contributed by atoms with van der Waals surface area (Å²) < 4.78 is 75.3. The van der Waals surface area contributed by atoms with Crippen molar-refractivity contribution in [2.24, 2.45) is 0 Å². The molecule has 1 aliphatic heterocycles. The average Bonchev–Trinajstić information content (AvgIpc) is 2.51. The van der Waals surface area contributed by atoms with Crippen molar-refractivity contribution >= 4 is 5.95 Å². The molecule has 0 saturated carbocycles. The minimum absolute atomic E-state index is 0.398. The third kappa shape index (κ3) is 0.816. The lowest BCUT2D eigenvalue weighted by molar-refractivity contribution is 0.326. The number of hydrogen-bond acceptors (Lipinski definition) is 0. The highest BCUT2D eigenvalue weighted by atomic mass is 19.2. The normalized spacial score (nSPS) is 20.6. The largest absolute Gasteiger partial charge is 0.255 e. The topological polar surface area (TPSA) is 4.93 Å². The summed E-state index contributed by atoms with van der Waals surface area (Å²) in [4.78, 5) is 0. The van der Waals surface area contributed by atoms with Crippen LogP contribution in [-0.4, -0.2) is 4.57 Å². The van der Waals surface area contributed by atoms with Gasteiger partial charge in [0, 0.05) is 0 Å². The fraction of sp³-hybridized carbons (Fsp3) is 0.143. The predicted octanol–water partition coefficient (Wildman–Crippen LogP) is 2.99. The van der Waals surface area contributed by atoms with E-state index in [2.05, 4.69) is 0 Å². The lowest BCUT2D eigenvalue weighted by Gasteiger charge is -1.96. The summed E-state index contributed by atoms with van der Waals surface area (Å²) in [5.41, 5.74) is -1.32. The van der Waals surface area contributed by atoms with Gasteiger partial charge in [-0.15, -0.1) is 0 Å². The molecular weight excluding hydrogens is 212 g/mol. The van der Waals surface area contributed by atoms with Crippen LogP contribution in [0.4, 0.5) is 26.3 Å². The number of fused-ring (bicyclic) bond motifs is 1. The molecule has 0 fully saturated rings. The van der Waals surface area contributed by atoms with Crippen LogP contribution >= 0.6 is 0 Å². The molecule has 1 unspecified atom stereocenters. The standard InChI is InChI=1S/C7HF6N/c8-1-3(10)6(12)14-5(1)2(9)4(11)7(14)13/h1H. The van der Waals surface area contributed by atoms with E-state index >= 15 is 0 Å². The first kappa shape index (κ1) is 9.17. The maximum atomic E-state index is 12.7. The Labute approximate surface area is 73.2 Å². The number of aromatic nitrogens is 1. The van der Waals surface area contributed by atoms with E-state index in [0.29, 0.717) is 0 Å². The summed E-state index contributed by atoms with van der Waals surface area (Å²) >= 11 is 0. The highest BCUT2D eigenvalue weighted by Crippen LogP contribution is 2.43. The molecule has 0 amide bonds. The number of nitrogens with zero attached hydrogens (tertiary/aromatic N) is 1. The van der Waals surface area contributed by atoms with Crippen molar-refractivity contribution in [2.75, 3.05) is 0 Å². The lowest BCUT2D eigenvalue weighted by atomic mass is 10.3. The van der Waals surface area contributed by atoms with Gasteiger partial charge in [-0.1, -0.05) is 0 Å². The second kappa shape index (κ2) is 2.55. The van der Waals surface area contributed by atoms with E-state index in [4.69, 9.17) is 0 Å². The Bertz CT molecular complexity index is 446. The number of alkyl halides is 1. The molecule has 1 aromatic rings. The number of hydrogen-bond donors (Lipinski definition) is 0. The highest BCUT2D eigenvalue weighted by Gasteiger charge is 2.41. The van der Waals surface area contributed by atoms with Gasteiger partial charge in [-0.3, -0.25) is 4.57 Å². The Morgan fingerprint density at radius 1 is 0.929 bits per heavy atom. The van der Waals surface area contributed by atoms with Crippen molar-refractivity contribution < 1.29 is 26.3 Å². The molecular formula is C7HF6N. The van der Waals surface area contributed by atoms with E-state index in [1.54, 1.807) is 0 Å². The summed E-state index contributed by atoms with van der Waals surface area (Å²) in [5, 5.41) is 0. The maximum absolute atomic E-state index is 12.7. The third-order valence-electron chi connectivity index (χ3n) is 1.89. The van der Waals surface area contributed by atoms with Gasteiger partial charge in [0.05, 0.1) is 0 Å². The molecule has 1 nitrogen and oxygen atoms in total. The van der Waals surface area contributed by atoms with Crippen LogP contribution in [0.2, 0.25) is 0 Å². The molecule has 1 aromatic heterocycles. The first-order chi connectivity index (χ1) is 6.46. The summed E-state index contributed by atoms with van der Waals surface area (Å²) in [6.45, 7) is 0. The van der Waals surface area contributed by atoms with E-state index in [0.717, 1.165) is 0 Å². The number of halogens is 6. The van der Waals surface area contributed by atoms with Crippen LogP contribution in [0.15, 0.2) is 5.83 Å². The molecule has 0 saturated heterocycles. The van der Waals surface area contributed by atoms with Crippen LogP contribution in [0.25, 0.3) is 5.95 Å². The molecule has 0 N–H and O–H groups in total. The van der Waals surface area contributed by atoms with Crippen molar-refractivity contribution in [1.29, 1.82) is 0 Å². The van der Waals surface area contributed by atoms with Crippen molar-refractivity contribution in [3.8, 4) is 0 Å². The zero-order valence-corrected chi connectivity index (χ0v) is 6.29. The number of allylic oxidation sites excluding steroid dienone is 1. The predicted molar refractivity (Wildman–Crippen MR) is 33.6 cm³/mol. The molecule has 2 heterocycles. The molecule has 0 radical (unpaired) electrons. The SMILES string of the molecule is FC1=C(F)n2c(F)c(F)c(F)c2C1F. The van der Waals surface area contributed by atoms with Gasteiger partial charge < -0.3 is 0 Å². The zero-order chi connectivity index (χ0) is 10.6. The van der Waals surface area contributed by atoms with E-state index in [-0.39, 0.29) is 0 Å². The first-order valence-corrected chi connectivity index (χ1v) is 3.41. The Kier molecular flexibility index (Phi) is 1.67. The van der Waals surface area contributed by atoms with Crippen LogP contribution in [0, 0.1) is 17.6 Å². The van der Waals surface area contributed by atoms with Gasteiger partial charge in [0.1, 0.15) is 5.69 Å². The van der Waals surface area contributed by atoms with Crippen LogP contribution < -0.4 is 0 Å². The van der Waals surface area contributed by atoms with Crippen molar-refractivity contribution in [3.63, 3.8) is 0 Å². The van der Waals surface area contributed by atoms with Gasteiger partial charge in [-0.25, -0.2) is 13.2 Å². The van der Waals surface area contributed by atoms with E-state index in [1.165, 1.54) is 0 Å². The Balaban J connectivity index is 2.79. The second-order valence-corrected chi connectivity index (χ2v) is 2.64. The van der Waals surface area contributed by atoms with Gasteiger partial charge in [-0.05, 0) is 0 Å².